The van der Waals surface area contributed by atoms with Gasteiger partial charge in [-0.15, -0.1) is 0 Å². The fourth-order valence-electron chi connectivity index (χ4n) is 1.93. The Hall–Kier alpha value is -1.44. The molecule has 0 saturated heterocycles. The van der Waals surface area contributed by atoms with Crippen molar-refractivity contribution in [3.63, 3.8) is 0 Å². The fourth-order valence-corrected chi connectivity index (χ4v) is 1.93. The summed E-state index contributed by atoms with van der Waals surface area (Å²) in [6.07, 6.45) is 6.89. The number of rotatable bonds is 3. The van der Waals surface area contributed by atoms with Gasteiger partial charge in [-0.1, -0.05) is 20.3 Å². The molecular formula is C13H16N2. The van der Waals surface area contributed by atoms with Crippen LogP contribution >= 0.6 is 0 Å². The van der Waals surface area contributed by atoms with Crippen molar-refractivity contribution in [3.8, 4) is 0 Å². The molecule has 0 atom stereocenters. The Labute approximate surface area is 90.4 Å². The lowest BCUT2D eigenvalue weighted by atomic mass is 10.0. The van der Waals surface area contributed by atoms with Crippen molar-refractivity contribution in [2.75, 3.05) is 0 Å². The van der Waals surface area contributed by atoms with E-state index in [9.17, 15) is 0 Å². The predicted octanol–water partition coefficient (Wildman–Crippen LogP) is 3.14. The van der Waals surface area contributed by atoms with Crippen LogP contribution in [-0.4, -0.2) is 9.97 Å². The van der Waals surface area contributed by atoms with Crippen LogP contribution in [0.3, 0.4) is 0 Å². The van der Waals surface area contributed by atoms with Gasteiger partial charge in [0.15, 0.2) is 0 Å². The van der Waals surface area contributed by atoms with E-state index < -0.39 is 0 Å². The SMILES string of the molecule is CCCc1cc2nccnc2cc1CC. The summed E-state index contributed by atoms with van der Waals surface area (Å²) >= 11 is 0. The normalized spacial score (nSPS) is 10.8. The quantitative estimate of drug-likeness (QED) is 0.760. The van der Waals surface area contributed by atoms with Gasteiger partial charge in [0, 0.05) is 12.4 Å². The molecule has 0 spiro atoms. The van der Waals surface area contributed by atoms with E-state index in [4.69, 9.17) is 0 Å². The van der Waals surface area contributed by atoms with Gasteiger partial charge in [0.2, 0.25) is 0 Å². The highest BCUT2D eigenvalue weighted by Gasteiger charge is 2.03. The van der Waals surface area contributed by atoms with Gasteiger partial charge in [0.1, 0.15) is 0 Å². The monoisotopic (exact) mass is 200 g/mol. The predicted molar refractivity (Wildman–Crippen MR) is 62.9 cm³/mol. The van der Waals surface area contributed by atoms with Crippen molar-refractivity contribution in [1.29, 1.82) is 0 Å². The molecule has 2 nitrogen and oxygen atoms in total. The number of fused-ring (bicyclic) bond motifs is 1. The summed E-state index contributed by atoms with van der Waals surface area (Å²) in [4.78, 5) is 8.67. The van der Waals surface area contributed by atoms with E-state index in [-0.39, 0.29) is 0 Å². The van der Waals surface area contributed by atoms with Crippen molar-refractivity contribution in [3.05, 3.63) is 35.7 Å². The van der Waals surface area contributed by atoms with Gasteiger partial charge in [0.25, 0.3) is 0 Å². The van der Waals surface area contributed by atoms with Gasteiger partial charge >= 0.3 is 0 Å². The second-order valence-electron chi connectivity index (χ2n) is 3.77. The van der Waals surface area contributed by atoms with E-state index in [1.165, 1.54) is 17.5 Å². The lowest BCUT2D eigenvalue weighted by Crippen LogP contribution is -1.94. The minimum Gasteiger partial charge on any atom is -0.253 e. The van der Waals surface area contributed by atoms with E-state index in [1.54, 1.807) is 12.4 Å². The smallest absolute Gasteiger partial charge is 0.0889 e. The van der Waals surface area contributed by atoms with Crippen molar-refractivity contribution in [1.82, 2.24) is 9.97 Å². The zero-order valence-electron chi connectivity index (χ0n) is 9.33. The first-order valence-corrected chi connectivity index (χ1v) is 5.57. The molecule has 0 amide bonds. The molecule has 0 saturated carbocycles. The Balaban J connectivity index is 2.58. The van der Waals surface area contributed by atoms with Crippen LogP contribution in [0.15, 0.2) is 24.5 Å². The lowest BCUT2D eigenvalue weighted by Gasteiger charge is -2.07. The van der Waals surface area contributed by atoms with Crippen LogP contribution in [0.1, 0.15) is 31.4 Å². The van der Waals surface area contributed by atoms with Crippen LogP contribution in [-0.2, 0) is 12.8 Å². The molecule has 15 heavy (non-hydrogen) atoms. The van der Waals surface area contributed by atoms with Crippen molar-refractivity contribution >= 4 is 11.0 Å². The molecular weight excluding hydrogens is 184 g/mol. The summed E-state index contributed by atoms with van der Waals surface area (Å²) < 4.78 is 0. The van der Waals surface area contributed by atoms with Crippen molar-refractivity contribution in [2.24, 2.45) is 0 Å². The molecule has 1 heterocycles. The zero-order valence-corrected chi connectivity index (χ0v) is 9.33. The molecule has 0 N–H and O–H groups in total. The van der Waals surface area contributed by atoms with Crippen LogP contribution in [0, 0.1) is 0 Å². The summed E-state index contributed by atoms with van der Waals surface area (Å²) in [5.74, 6) is 0. The van der Waals surface area contributed by atoms with E-state index in [1.807, 2.05) is 0 Å². The second-order valence-corrected chi connectivity index (χ2v) is 3.77. The third-order valence-electron chi connectivity index (χ3n) is 2.69. The number of hydrogen-bond donors (Lipinski definition) is 0. The molecule has 0 aliphatic rings. The first-order valence-electron chi connectivity index (χ1n) is 5.57. The summed E-state index contributed by atoms with van der Waals surface area (Å²) in [6.45, 7) is 4.40. The Morgan fingerprint density at radius 2 is 1.53 bits per heavy atom. The molecule has 78 valence electrons. The third-order valence-corrected chi connectivity index (χ3v) is 2.69. The molecule has 0 aliphatic heterocycles. The van der Waals surface area contributed by atoms with Crippen LogP contribution in [0.25, 0.3) is 11.0 Å². The van der Waals surface area contributed by atoms with Gasteiger partial charge < -0.3 is 0 Å². The topological polar surface area (TPSA) is 25.8 Å². The average molecular weight is 200 g/mol. The molecule has 0 fully saturated rings. The maximum atomic E-state index is 4.34. The summed E-state index contributed by atoms with van der Waals surface area (Å²) in [7, 11) is 0. The van der Waals surface area contributed by atoms with Gasteiger partial charge in [-0.3, -0.25) is 9.97 Å². The second kappa shape index (κ2) is 4.39. The van der Waals surface area contributed by atoms with Gasteiger partial charge in [-0.2, -0.15) is 0 Å². The molecule has 0 radical (unpaired) electrons. The number of aryl methyl sites for hydroxylation is 2. The Morgan fingerprint density at radius 3 is 2.07 bits per heavy atom. The fraction of sp³-hybridized carbons (Fsp3) is 0.385. The molecule has 2 aromatic rings. The van der Waals surface area contributed by atoms with E-state index in [2.05, 4.69) is 35.9 Å². The third kappa shape index (κ3) is 1.99. The highest BCUT2D eigenvalue weighted by atomic mass is 14.8. The number of aromatic nitrogens is 2. The summed E-state index contributed by atoms with van der Waals surface area (Å²) in [5, 5.41) is 0. The van der Waals surface area contributed by atoms with Gasteiger partial charge in [-0.25, -0.2) is 0 Å². The van der Waals surface area contributed by atoms with E-state index >= 15 is 0 Å². The van der Waals surface area contributed by atoms with Crippen LogP contribution < -0.4 is 0 Å². The molecule has 1 aromatic carbocycles. The first-order chi connectivity index (χ1) is 7.35. The molecule has 2 heteroatoms. The van der Waals surface area contributed by atoms with E-state index in [0.29, 0.717) is 0 Å². The van der Waals surface area contributed by atoms with E-state index in [0.717, 1.165) is 23.9 Å². The Bertz CT molecular complexity index is 463. The first kappa shape index (κ1) is 10.1. The van der Waals surface area contributed by atoms with Crippen molar-refractivity contribution < 1.29 is 0 Å². The minimum absolute atomic E-state index is 1.01. The standard InChI is InChI=1S/C13H16N2/c1-3-5-11-9-13-12(8-10(11)4-2)14-6-7-15-13/h6-9H,3-5H2,1-2H3. The Kier molecular flexibility index (Phi) is 2.95. The van der Waals surface area contributed by atoms with Gasteiger partial charge in [0.05, 0.1) is 11.0 Å². The van der Waals surface area contributed by atoms with Crippen molar-refractivity contribution in [2.45, 2.75) is 33.1 Å². The molecule has 0 bridgehead atoms. The highest BCUT2D eigenvalue weighted by Crippen LogP contribution is 2.18. The van der Waals surface area contributed by atoms with Crippen LogP contribution in [0.4, 0.5) is 0 Å². The molecule has 0 aliphatic carbocycles. The zero-order chi connectivity index (χ0) is 10.7. The maximum Gasteiger partial charge on any atom is 0.0889 e. The largest absolute Gasteiger partial charge is 0.253 e. The summed E-state index contributed by atoms with van der Waals surface area (Å²) in [5.41, 5.74) is 4.85. The highest BCUT2D eigenvalue weighted by molar-refractivity contribution is 5.75. The lowest BCUT2D eigenvalue weighted by molar-refractivity contribution is 0.900. The van der Waals surface area contributed by atoms with Crippen LogP contribution in [0.5, 0.6) is 0 Å². The number of benzene rings is 1. The maximum absolute atomic E-state index is 4.34. The number of nitrogens with zero attached hydrogens (tertiary/aromatic N) is 2. The molecule has 2 rings (SSSR count). The van der Waals surface area contributed by atoms with Crippen LogP contribution in [0.2, 0.25) is 0 Å². The average Bonchev–Trinajstić information content (AvgIpc) is 2.28. The van der Waals surface area contributed by atoms with Gasteiger partial charge in [-0.05, 0) is 36.1 Å². The molecule has 0 unspecified atom stereocenters. The minimum atomic E-state index is 1.01. The number of hydrogen-bond acceptors (Lipinski definition) is 2. The Morgan fingerprint density at radius 1 is 0.933 bits per heavy atom. The molecule has 1 aromatic heterocycles. The summed E-state index contributed by atoms with van der Waals surface area (Å²) in [6, 6.07) is 4.36.